The number of rotatable bonds is 4. The molecule has 8 nitrogen and oxygen atoms in total. The lowest BCUT2D eigenvalue weighted by atomic mass is 10.1. The quantitative estimate of drug-likeness (QED) is 0.717. The third-order valence-corrected chi connectivity index (χ3v) is 5.10. The predicted octanol–water partition coefficient (Wildman–Crippen LogP) is -0.742. The Balaban J connectivity index is 2.17. The van der Waals surface area contributed by atoms with Gasteiger partial charge < -0.3 is 4.90 Å². The predicted molar refractivity (Wildman–Crippen MR) is 85.9 cm³/mol. The SMILES string of the molecule is CN(C)C(=O)[C@H]1CN(Cc2cnccn2)CCN(S(C)(=O)=O)C1. The molecule has 0 aliphatic carbocycles. The van der Waals surface area contributed by atoms with Crippen molar-refractivity contribution in [2.45, 2.75) is 6.54 Å². The molecule has 1 aliphatic rings. The van der Waals surface area contributed by atoms with Crippen LogP contribution in [0.3, 0.4) is 0 Å². The minimum atomic E-state index is -3.33. The molecule has 0 unspecified atom stereocenters. The number of hydrogen-bond donors (Lipinski definition) is 0. The summed E-state index contributed by atoms with van der Waals surface area (Å²) >= 11 is 0. The monoisotopic (exact) mass is 341 g/mol. The molecule has 0 bridgehead atoms. The first-order valence-electron chi connectivity index (χ1n) is 7.41. The van der Waals surface area contributed by atoms with Crippen LogP contribution in [0.4, 0.5) is 0 Å². The Morgan fingerprint density at radius 1 is 1.30 bits per heavy atom. The summed E-state index contributed by atoms with van der Waals surface area (Å²) in [5.74, 6) is -0.455. The molecule has 0 spiro atoms. The van der Waals surface area contributed by atoms with Crippen LogP contribution in [0.2, 0.25) is 0 Å². The van der Waals surface area contributed by atoms with Gasteiger partial charge in [-0.15, -0.1) is 0 Å². The van der Waals surface area contributed by atoms with E-state index in [4.69, 9.17) is 0 Å². The Hall–Kier alpha value is -1.58. The van der Waals surface area contributed by atoms with Gasteiger partial charge in [0.05, 0.1) is 17.9 Å². The zero-order chi connectivity index (χ0) is 17.0. The summed E-state index contributed by atoms with van der Waals surface area (Å²) in [4.78, 5) is 24.2. The van der Waals surface area contributed by atoms with Crippen LogP contribution in [0.1, 0.15) is 5.69 Å². The van der Waals surface area contributed by atoms with Gasteiger partial charge in [0, 0.05) is 65.4 Å². The van der Waals surface area contributed by atoms with E-state index in [1.807, 2.05) is 0 Å². The number of amides is 1. The first-order valence-corrected chi connectivity index (χ1v) is 9.25. The number of carbonyl (C=O) groups excluding carboxylic acids is 1. The lowest BCUT2D eigenvalue weighted by molar-refractivity contribution is -0.133. The largest absolute Gasteiger partial charge is 0.348 e. The molecule has 2 heterocycles. The molecule has 9 heteroatoms. The van der Waals surface area contributed by atoms with E-state index in [-0.39, 0.29) is 18.4 Å². The molecule has 1 fully saturated rings. The van der Waals surface area contributed by atoms with Crippen LogP contribution in [0.25, 0.3) is 0 Å². The second kappa shape index (κ2) is 7.33. The average molecular weight is 341 g/mol. The Labute approximate surface area is 137 Å². The number of nitrogens with zero attached hydrogens (tertiary/aromatic N) is 5. The van der Waals surface area contributed by atoms with Crippen LogP contribution >= 0.6 is 0 Å². The minimum absolute atomic E-state index is 0.0651. The van der Waals surface area contributed by atoms with Crippen molar-refractivity contribution in [1.29, 1.82) is 0 Å². The van der Waals surface area contributed by atoms with Gasteiger partial charge in [-0.3, -0.25) is 19.7 Å². The standard InChI is InChI=1S/C14H23N5O3S/c1-17(2)14(20)12-9-18(11-13-8-15-4-5-16-13)6-7-19(10-12)23(3,21)22/h4-5,8,12H,6-7,9-11H2,1-3H3/t12-/m0/s1. The maximum atomic E-state index is 12.4. The van der Waals surface area contributed by atoms with Crippen molar-refractivity contribution in [3.8, 4) is 0 Å². The zero-order valence-corrected chi connectivity index (χ0v) is 14.5. The highest BCUT2D eigenvalue weighted by Gasteiger charge is 2.32. The highest BCUT2D eigenvalue weighted by atomic mass is 32.2. The van der Waals surface area contributed by atoms with E-state index in [2.05, 4.69) is 14.9 Å². The first kappa shape index (κ1) is 17.8. The molecule has 1 saturated heterocycles. The van der Waals surface area contributed by atoms with Gasteiger partial charge in [-0.25, -0.2) is 12.7 Å². The lowest BCUT2D eigenvalue weighted by Crippen LogP contribution is -2.41. The van der Waals surface area contributed by atoms with Gasteiger partial charge in [0.1, 0.15) is 0 Å². The fourth-order valence-electron chi connectivity index (χ4n) is 2.66. The fraction of sp³-hybridized carbons (Fsp3) is 0.643. The van der Waals surface area contributed by atoms with Crippen molar-refractivity contribution >= 4 is 15.9 Å². The first-order chi connectivity index (χ1) is 10.8. The van der Waals surface area contributed by atoms with E-state index in [1.54, 1.807) is 32.7 Å². The highest BCUT2D eigenvalue weighted by Crippen LogP contribution is 2.16. The van der Waals surface area contributed by atoms with Crippen molar-refractivity contribution in [3.05, 3.63) is 24.3 Å². The van der Waals surface area contributed by atoms with Crippen LogP contribution < -0.4 is 0 Å². The van der Waals surface area contributed by atoms with E-state index in [1.165, 1.54) is 15.5 Å². The maximum absolute atomic E-state index is 12.4. The summed E-state index contributed by atoms with van der Waals surface area (Å²) in [6.07, 6.45) is 6.10. The third-order valence-electron chi connectivity index (χ3n) is 3.83. The smallest absolute Gasteiger partial charge is 0.227 e. The van der Waals surface area contributed by atoms with Crippen molar-refractivity contribution in [1.82, 2.24) is 24.1 Å². The van der Waals surface area contributed by atoms with Gasteiger partial charge in [0.15, 0.2) is 0 Å². The summed E-state index contributed by atoms with van der Waals surface area (Å²) in [5, 5.41) is 0. The van der Waals surface area contributed by atoms with Crippen molar-refractivity contribution < 1.29 is 13.2 Å². The summed E-state index contributed by atoms with van der Waals surface area (Å²) in [6, 6.07) is 0. The molecule has 1 aromatic rings. The van der Waals surface area contributed by atoms with E-state index in [9.17, 15) is 13.2 Å². The molecular formula is C14H23N5O3S. The van der Waals surface area contributed by atoms with Gasteiger partial charge in [-0.1, -0.05) is 0 Å². The van der Waals surface area contributed by atoms with Gasteiger partial charge in [-0.2, -0.15) is 0 Å². The molecule has 1 atom stereocenters. The molecule has 0 N–H and O–H groups in total. The molecule has 128 valence electrons. The molecule has 1 aromatic heterocycles. The van der Waals surface area contributed by atoms with E-state index in [0.29, 0.717) is 26.2 Å². The van der Waals surface area contributed by atoms with Crippen LogP contribution in [0, 0.1) is 5.92 Å². The summed E-state index contributed by atoms with van der Waals surface area (Å²) in [6.45, 7) is 2.19. The zero-order valence-electron chi connectivity index (χ0n) is 13.7. The van der Waals surface area contributed by atoms with Crippen molar-refractivity contribution in [3.63, 3.8) is 0 Å². The fourth-order valence-corrected chi connectivity index (χ4v) is 3.52. The molecule has 1 amide bonds. The van der Waals surface area contributed by atoms with E-state index >= 15 is 0 Å². The summed E-state index contributed by atoms with van der Waals surface area (Å²) < 4.78 is 25.2. The number of aromatic nitrogens is 2. The Kier molecular flexibility index (Phi) is 5.66. The second-order valence-corrected chi connectivity index (χ2v) is 7.96. The normalized spacial score (nSPS) is 20.9. The molecule has 1 aliphatic heterocycles. The molecular weight excluding hydrogens is 318 g/mol. The van der Waals surface area contributed by atoms with Crippen LogP contribution in [0.15, 0.2) is 18.6 Å². The van der Waals surface area contributed by atoms with E-state index < -0.39 is 10.0 Å². The van der Waals surface area contributed by atoms with Crippen LogP contribution in [-0.2, 0) is 21.4 Å². The lowest BCUT2D eigenvalue weighted by Gasteiger charge is -2.25. The summed E-state index contributed by atoms with van der Waals surface area (Å²) in [5.41, 5.74) is 0.802. The van der Waals surface area contributed by atoms with Crippen molar-refractivity contribution in [2.75, 3.05) is 46.5 Å². The molecule has 0 aromatic carbocycles. The topological polar surface area (TPSA) is 86.7 Å². The third kappa shape index (κ3) is 4.95. The Morgan fingerprint density at radius 3 is 2.61 bits per heavy atom. The minimum Gasteiger partial charge on any atom is -0.348 e. The molecule has 2 rings (SSSR count). The summed E-state index contributed by atoms with van der Waals surface area (Å²) in [7, 11) is 0.0414. The van der Waals surface area contributed by atoms with Crippen molar-refractivity contribution in [2.24, 2.45) is 5.92 Å². The van der Waals surface area contributed by atoms with E-state index in [0.717, 1.165) is 5.69 Å². The highest BCUT2D eigenvalue weighted by molar-refractivity contribution is 7.88. The number of carbonyl (C=O) groups is 1. The Morgan fingerprint density at radius 2 is 2.04 bits per heavy atom. The van der Waals surface area contributed by atoms with Crippen LogP contribution in [0.5, 0.6) is 0 Å². The number of hydrogen-bond acceptors (Lipinski definition) is 6. The van der Waals surface area contributed by atoms with Gasteiger partial charge in [0.25, 0.3) is 0 Å². The number of sulfonamides is 1. The molecule has 23 heavy (non-hydrogen) atoms. The molecule has 0 saturated carbocycles. The maximum Gasteiger partial charge on any atom is 0.227 e. The second-order valence-electron chi connectivity index (χ2n) is 5.98. The van der Waals surface area contributed by atoms with Gasteiger partial charge >= 0.3 is 0 Å². The average Bonchev–Trinajstić information content (AvgIpc) is 2.70. The van der Waals surface area contributed by atoms with Gasteiger partial charge in [-0.05, 0) is 0 Å². The van der Waals surface area contributed by atoms with Crippen LogP contribution in [-0.4, -0.2) is 84.9 Å². The Bertz CT molecular complexity index is 635. The molecule has 0 radical (unpaired) electrons. The van der Waals surface area contributed by atoms with Gasteiger partial charge in [0.2, 0.25) is 15.9 Å².